The van der Waals surface area contributed by atoms with E-state index in [0.717, 1.165) is 77.4 Å². The van der Waals surface area contributed by atoms with Crippen molar-refractivity contribution in [2.75, 3.05) is 14.2 Å². The first-order chi connectivity index (χ1) is 27.2. The van der Waals surface area contributed by atoms with Crippen LogP contribution in [-0.4, -0.2) is 74.2 Å². The molecule has 16 heteroatoms. The van der Waals surface area contributed by atoms with Gasteiger partial charge in [0, 0.05) is 0 Å². The number of hydrogen-bond donors (Lipinski definition) is 0. The molecule has 56 heavy (non-hydrogen) atoms. The van der Waals surface area contributed by atoms with Crippen LogP contribution in [0.25, 0.3) is 34.2 Å². The topological polar surface area (TPSA) is 141 Å². The number of methoxy groups -OCH3 is 2. The zero-order valence-electron chi connectivity index (χ0n) is 31.7. The maximum absolute atomic E-state index is 5.32. The first-order valence-electron chi connectivity index (χ1n) is 17.7. The number of rotatable bonds is 13. The van der Waals surface area contributed by atoms with E-state index in [2.05, 4.69) is 84.7 Å². The van der Waals surface area contributed by atoms with E-state index in [1.54, 1.807) is 36.2 Å². The van der Waals surface area contributed by atoms with Crippen molar-refractivity contribution in [3.63, 3.8) is 0 Å². The fourth-order valence-electron chi connectivity index (χ4n) is 6.36. The number of aryl methyl sites for hydroxylation is 4. The molecule has 0 atom stereocenters. The molecule has 14 nitrogen and oxygen atoms in total. The standard InChI is InChI=1S/C40H38N12O2S2/c1-25-15-26(2)18-31(17-25)51-39(35(21-41-51)37-43-47-49(45-37)23-29-7-11-33(53-5)12-8-29)55-56-40-36(22-42-52(40)32-19-27(3)16-28(4)20-32)38-44-48-50(46-38)24-30-9-13-34(54-6)14-10-30/h7-22H,23-24H2,1-6H3. The molecule has 282 valence electrons. The summed E-state index contributed by atoms with van der Waals surface area (Å²) in [7, 11) is 6.35. The van der Waals surface area contributed by atoms with Crippen molar-refractivity contribution in [1.29, 1.82) is 0 Å². The van der Waals surface area contributed by atoms with Gasteiger partial charge < -0.3 is 9.47 Å². The SMILES string of the molecule is COc1ccc(Cn2nnc(-c3cnn(-c4cc(C)cc(C)c4)c3SSc3c(-c4nnn(Cc5ccc(OC)cc5)n4)cnn3-c3cc(C)cc(C)c3)n2)cc1. The van der Waals surface area contributed by atoms with Crippen molar-refractivity contribution in [2.24, 2.45) is 0 Å². The molecule has 0 N–H and O–H groups in total. The Morgan fingerprint density at radius 3 is 1.25 bits per heavy atom. The van der Waals surface area contributed by atoms with Crippen molar-refractivity contribution < 1.29 is 9.47 Å². The maximum atomic E-state index is 5.32. The second-order valence-corrected chi connectivity index (χ2v) is 15.5. The van der Waals surface area contributed by atoms with Crippen LogP contribution in [0.4, 0.5) is 0 Å². The van der Waals surface area contributed by atoms with E-state index in [1.165, 1.54) is 21.6 Å². The summed E-state index contributed by atoms with van der Waals surface area (Å²) in [5, 5.41) is 38.8. The molecule has 0 aliphatic rings. The Labute approximate surface area is 331 Å². The van der Waals surface area contributed by atoms with Gasteiger partial charge in [0.05, 0.1) is 62.2 Å². The van der Waals surface area contributed by atoms with E-state index in [9.17, 15) is 0 Å². The van der Waals surface area contributed by atoms with Crippen LogP contribution in [-0.2, 0) is 13.1 Å². The fraction of sp³-hybridized carbons (Fsp3) is 0.200. The van der Waals surface area contributed by atoms with Gasteiger partial charge in [0.25, 0.3) is 0 Å². The molecule has 0 fully saturated rings. The van der Waals surface area contributed by atoms with Gasteiger partial charge in [0.2, 0.25) is 11.6 Å². The largest absolute Gasteiger partial charge is 0.497 e. The Balaban J connectivity index is 1.17. The number of aromatic nitrogens is 12. The Hall–Kier alpha value is -6.26. The minimum Gasteiger partial charge on any atom is -0.497 e. The van der Waals surface area contributed by atoms with Gasteiger partial charge in [-0.15, -0.1) is 20.4 Å². The zero-order chi connectivity index (χ0) is 38.8. The van der Waals surface area contributed by atoms with Gasteiger partial charge in [-0.05, 0) is 142 Å². The molecule has 0 unspecified atom stereocenters. The highest BCUT2D eigenvalue weighted by atomic mass is 33.1. The second-order valence-electron chi connectivity index (χ2n) is 13.4. The summed E-state index contributed by atoms with van der Waals surface area (Å²) in [4.78, 5) is 3.17. The molecule has 4 aromatic carbocycles. The minimum atomic E-state index is 0.448. The highest BCUT2D eigenvalue weighted by Crippen LogP contribution is 2.46. The third kappa shape index (κ3) is 7.92. The lowest BCUT2D eigenvalue weighted by Crippen LogP contribution is -2.04. The summed E-state index contributed by atoms with van der Waals surface area (Å²) in [6, 6.07) is 28.4. The minimum absolute atomic E-state index is 0.448. The third-order valence-electron chi connectivity index (χ3n) is 8.91. The van der Waals surface area contributed by atoms with Gasteiger partial charge in [-0.2, -0.15) is 19.8 Å². The van der Waals surface area contributed by atoms with E-state index >= 15 is 0 Å². The molecule has 8 rings (SSSR count). The van der Waals surface area contributed by atoms with Crippen molar-refractivity contribution >= 4 is 21.6 Å². The van der Waals surface area contributed by atoms with Crippen molar-refractivity contribution in [3.05, 3.63) is 131 Å². The van der Waals surface area contributed by atoms with E-state index in [1.807, 2.05) is 57.9 Å². The van der Waals surface area contributed by atoms with Gasteiger partial charge in [0.1, 0.15) is 21.6 Å². The van der Waals surface area contributed by atoms with Crippen LogP contribution in [0.15, 0.2) is 107 Å². The average Bonchev–Trinajstić information content (AvgIpc) is 4.00. The summed E-state index contributed by atoms with van der Waals surface area (Å²) in [6.07, 6.45) is 3.59. The molecule has 4 heterocycles. The van der Waals surface area contributed by atoms with Crippen LogP contribution in [0.2, 0.25) is 0 Å². The summed E-state index contributed by atoms with van der Waals surface area (Å²) in [5.74, 6) is 2.50. The van der Waals surface area contributed by atoms with Crippen LogP contribution in [0.1, 0.15) is 33.4 Å². The first-order valence-corrected chi connectivity index (χ1v) is 19.9. The van der Waals surface area contributed by atoms with Crippen LogP contribution in [0, 0.1) is 27.7 Å². The average molecular weight is 783 g/mol. The summed E-state index contributed by atoms with van der Waals surface area (Å²) < 4.78 is 14.5. The molecular weight excluding hydrogens is 745 g/mol. The lowest BCUT2D eigenvalue weighted by atomic mass is 10.1. The quantitative estimate of drug-likeness (QED) is 0.107. The Morgan fingerprint density at radius 2 is 0.893 bits per heavy atom. The van der Waals surface area contributed by atoms with Crippen molar-refractivity contribution in [2.45, 2.75) is 50.8 Å². The number of tetrazole rings is 2. The predicted molar refractivity (Wildman–Crippen MR) is 216 cm³/mol. The predicted octanol–water partition coefficient (Wildman–Crippen LogP) is 7.51. The lowest BCUT2D eigenvalue weighted by Gasteiger charge is -2.12. The van der Waals surface area contributed by atoms with E-state index in [0.29, 0.717) is 24.7 Å². The highest BCUT2D eigenvalue weighted by molar-refractivity contribution is 8.76. The van der Waals surface area contributed by atoms with E-state index in [4.69, 9.17) is 29.9 Å². The monoisotopic (exact) mass is 782 g/mol. The van der Waals surface area contributed by atoms with Gasteiger partial charge in [0.15, 0.2) is 0 Å². The maximum Gasteiger partial charge on any atom is 0.209 e. The second kappa shape index (κ2) is 15.8. The number of benzene rings is 4. The van der Waals surface area contributed by atoms with Gasteiger partial charge in [-0.25, -0.2) is 9.36 Å². The van der Waals surface area contributed by atoms with Crippen LogP contribution in [0.3, 0.4) is 0 Å². The lowest BCUT2D eigenvalue weighted by molar-refractivity contribution is 0.414. The molecule has 0 saturated heterocycles. The third-order valence-corrected chi connectivity index (χ3v) is 11.3. The Kier molecular flexibility index (Phi) is 10.4. The molecule has 4 aromatic heterocycles. The normalized spacial score (nSPS) is 11.3. The number of nitrogens with zero attached hydrogens (tertiary/aromatic N) is 12. The van der Waals surface area contributed by atoms with Gasteiger partial charge >= 0.3 is 0 Å². The molecular formula is C40H38N12O2S2. The van der Waals surface area contributed by atoms with Gasteiger partial charge in [-0.3, -0.25) is 0 Å². The van der Waals surface area contributed by atoms with E-state index in [-0.39, 0.29) is 0 Å². The van der Waals surface area contributed by atoms with Crippen LogP contribution in [0.5, 0.6) is 11.5 Å². The highest BCUT2D eigenvalue weighted by Gasteiger charge is 2.24. The van der Waals surface area contributed by atoms with Gasteiger partial charge in [-0.1, -0.05) is 36.4 Å². The first kappa shape index (κ1) is 36.7. The number of ether oxygens (including phenoxy) is 2. The smallest absolute Gasteiger partial charge is 0.209 e. The van der Waals surface area contributed by atoms with Crippen molar-refractivity contribution in [3.8, 4) is 45.6 Å². The molecule has 0 amide bonds. The molecule has 8 aromatic rings. The summed E-state index contributed by atoms with van der Waals surface area (Å²) in [5.41, 5.74) is 9.88. The molecule has 0 saturated carbocycles. The zero-order valence-corrected chi connectivity index (χ0v) is 33.3. The molecule has 0 spiro atoms. The van der Waals surface area contributed by atoms with Crippen LogP contribution >= 0.6 is 21.6 Å². The molecule has 0 radical (unpaired) electrons. The van der Waals surface area contributed by atoms with E-state index < -0.39 is 0 Å². The van der Waals surface area contributed by atoms with Crippen LogP contribution < -0.4 is 9.47 Å². The molecule has 0 aliphatic carbocycles. The Bertz CT molecular complexity index is 2410. The summed E-state index contributed by atoms with van der Waals surface area (Å²) in [6.45, 7) is 9.22. The Morgan fingerprint density at radius 1 is 0.518 bits per heavy atom. The summed E-state index contributed by atoms with van der Waals surface area (Å²) >= 11 is 0. The molecule has 0 bridgehead atoms. The molecule has 0 aliphatic heterocycles. The number of hydrogen-bond acceptors (Lipinski definition) is 12. The fourth-order valence-corrected chi connectivity index (χ4v) is 8.87. The van der Waals surface area contributed by atoms with Crippen molar-refractivity contribution in [1.82, 2.24) is 60.0 Å².